The molecule has 2 rings (SSSR count). The van der Waals surface area contributed by atoms with Gasteiger partial charge in [-0.05, 0) is 46.7 Å². The summed E-state index contributed by atoms with van der Waals surface area (Å²) in [7, 11) is 0. The van der Waals surface area contributed by atoms with Crippen LogP contribution in [-0.4, -0.2) is 6.61 Å². The third-order valence-electron chi connectivity index (χ3n) is 2.47. The number of benzene rings is 1. The van der Waals surface area contributed by atoms with E-state index in [9.17, 15) is 0 Å². The summed E-state index contributed by atoms with van der Waals surface area (Å²) in [5.41, 5.74) is 2.47. The maximum Gasteiger partial charge on any atom is 0.127 e. The predicted octanol–water partition coefficient (Wildman–Crippen LogP) is 3.92. The van der Waals surface area contributed by atoms with Crippen LogP contribution in [0.1, 0.15) is 29.8 Å². The highest BCUT2D eigenvalue weighted by Gasteiger charge is 2.20. The van der Waals surface area contributed by atoms with Crippen LogP contribution in [0.2, 0.25) is 0 Å². The highest BCUT2D eigenvalue weighted by atomic mass is 127. The molecule has 3 heteroatoms. The van der Waals surface area contributed by atoms with Gasteiger partial charge in [0, 0.05) is 15.6 Å². The van der Waals surface area contributed by atoms with Crippen LogP contribution in [0.15, 0.2) is 12.1 Å². The Kier molecular flexibility index (Phi) is 3.22. The lowest BCUT2D eigenvalue weighted by atomic mass is 10.0. The summed E-state index contributed by atoms with van der Waals surface area (Å²) in [6.45, 7) is 2.90. The van der Waals surface area contributed by atoms with Crippen molar-refractivity contribution in [2.24, 2.45) is 0 Å². The van der Waals surface area contributed by atoms with Gasteiger partial charge in [-0.2, -0.15) is 0 Å². The largest absolute Gasteiger partial charge is 0.493 e. The van der Waals surface area contributed by atoms with Crippen molar-refractivity contribution in [1.29, 1.82) is 0 Å². The van der Waals surface area contributed by atoms with E-state index in [4.69, 9.17) is 16.3 Å². The third kappa shape index (κ3) is 1.87. The zero-order chi connectivity index (χ0) is 10.1. The van der Waals surface area contributed by atoms with Gasteiger partial charge in [-0.3, -0.25) is 0 Å². The van der Waals surface area contributed by atoms with Crippen LogP contribution in [0, 0.1) is 3.57 Å². The second-order valence-electron chi connectivity index (χ2n) is 3.46. The number of ether oxygens (including phenoxy) is 1. The van der Waals surface area contributed by atoms with Crippen LogP contribution in [0.3, 0.4) is 0 Å². The summed E-state index contributed by atoms with van der Waals surface area (Å²) in [4.78, 5) is 0. The molecule has 0 radical (unpaired) electrons. The predicted molar refractivity (Wildman–Crippen MR) is 67.2 cm³/mol. The lowest BCUT2D eigenvalue weighted by molar-refractivity contribution is 0.353. The van der Waals surface area contributed by atoms with E-state index in [1.165, 1.54) is 9.13 Å². The van der Waals surface area contributed by atoms with Crippen LogP contribution in [0.25, 0.3) is 0 Å². The van der Waals surface area contributed by atoms with E-state index in [1.54, 1.807) is 0 Å². The zero-order valence-corrected chi connectivity index (χ0v) is 10.9. The van der Waals surface area contributed by atoms with E-state index in [0.29, 0.717) is 0 Å². The van der Waals surface area contributed by atoms with Gasteiger partial charge in [0.1, 0.15) is 5.75 Å². The van der Waals surface area contributed by atoms with Gasteiger partial charge < -0.3 is 4.74 Å². The fourth-order valence-electron chi connectivity index (χ4n) is 1.75. The lowest BCUT2D eigenvalue weighted by Crippen LogP contribution is -1.95. The second-order valence-corrected chi connectivity index (χ2v) is 5.23. The number of fused-ring (bicyclic) bond motifs is 1. The van der Waals surface area contributed by atoms with Crippen molar-refractivity contribution in [2.75, 3.05) is 6.61 Å². The molecule has 0 amide bonds. The fraction of sp³-hybridized carbons (Fsp3) is 0.455. The first-order chi connectivity index (χ1) is 6.72. The van der Waals surface area contributed by atoms with Crippen LogP contribution < -0.4 is 4.74 Å². The number of hydrogen-bond acceptors (Lipinski definition) is 1. The molecule has 1 aromatic carbocycles. The highest BCUT2D eigenvalue weighted by Crippen LogP contribution is 2.38. The van der Waals surface area contributed by atoms with Crippen molar-refractivity contribution in [3.63, 3.8) is 0 Å². The standard InChI is InChI=1S/C11H12ClIO/c1-2-10(12)9-6-8(13)5-7-3-4-14-11(7)9/h5-6,10H,2-4H2,1H3. The molecule has 0 aromatic heterocycles. The second kappa shape index (κ2) is 4.27. The van der Waals surface area contributed by atoms with Gasteiger partial charge in [0.05, 0.1) is 12.0 Å². The third-order valence-corrected chi connectivity index (χ3v) is 3.64. The molecular weight excluding hydrogens is 310 g/mol. The number of hydrogen-bond donors (Lipinski definition) is 0. The van der Waals surface area contributed by atoms with Crippen LogP contribution >= 0.6 is 34.2 Å². The van der Waals surface area contributed by atoms with Crippen molar-refractivity contribution >= 4 is 34.2 Å². The van der Waals surface area contributed by atoms with Crippen molar-refractivity contribution in [1.82, 2.24) is 0 Å². The first-order valence-corrected chi connectivity index (χ1v) is 6.33. The Morgan fingerprint density at radius 1 is 1.57 bits per heavy atom. The Hall–Kier alpha value is 0.0400. The maximum atomic E-state index is 6.26. The van der Waals surface area contributed by atoms with Crippen molar-refractivity contribution < 1.29 is 4.74 Å². The molecule has 0 bridgehead atoms. The minimum atomic E-state index is 0.0802. The van der Waals surface area contributed by atoms with Crippen LogP contribution in [0.5, 0.6) is 5.75 Å². The van der Waals surface area contributed by atoms with Crippen LogP contribution in [0.4, 0.5) is 0 Å². The molecule has 0 fully saturated rings. The molecule has 0 spiro atoms. The van der Waals surface area contributed by atoms with Crippen molar-refractivity contribution in [3.05, 3.63) is 26.8 Å². The van der Waals surface area contributed by atoms with Crippen molar-refractivity contribution in [2.45, 2.75) is 25.1 Å². The highest BCUT2D eigenvalue weighted by molar-refractivity contribution is 14.1. The van der Waals surface area contributed by atoms with Gasteiger partial charge in [-0.1, -0.05) is 6.92 Å². The molecule has 1 nitrogen and oxygen atoms in total. The van der Waals surface area contributed by atoms with Gasteiger partial charge in [-0.15, -0.1) is 11.6 Å². The normalized spacial score (nSPS) is 16.2. The average molecular weight is 323 g/mol. The Balaban J connectivity index is 2.48. The summed E-state index contributed by atoms with van der Waals surface area (Å²) >= 11 is 8.60. The summed E-state index contributed by atoms with van der Waals surface area (Å²) in [5, 5.41) is 0.0802. The topological polar surface area (TPSA) is 9.23 Å². The molecule has 0 aliphatic carbocycles. The summed E-state index contributed by atoms with van der Waals surface area (Å²) in [5.74, 6) is 1.03. The van der Waals surface area contributed by atoms with E-state index < -0.39 is 0 Å². The Morgan fingerprint density at radius 2 is 2.36 bits per heavy atom. The molecule has 1 unspecified atom stereocenters. The minimum Gasteiger partial charge on any atom is -0.493 e. The minimum absolute atomic E-state index is 0.0802. The SMILES string of the molecule is CCC(Cl)c1cc(I)cc2c1OCC2. The fourth-order valence-corrected chi connectivity index (χ4v) is 2.62. The zero-order valence-electron chi connectivity index (χ0n) is 8.02. The molecule has 14 heavy (non-hydrogen) atoms. The Labute approximate surface area is 103 Å². The Morgan fingerprint density at radius 3 is 3.07 bits per heavy atom. The maximum absolute atomic E-state index is 6.26. The molecule has 1 heterocycles. The van der Waals surface area contributed by atoms with Gasteiger partial charge in [0.15, 0.2) is 0 Å². The molecule has 76 valence electrons. The van der Waals surface area contributed by atoms with Gasteiger partial charge in [0.25, 0.3) is 0 Å². The van der Waals surface area contributed by atoms with E-state index in [-0.39, 0.29) is 5.38 Å². The number of rotatable bonds is 2. The first-order valence-electron chi connectivity index (χ1n) is 4.81. The molecule has 1 aromatic rings. The quantitative estimate of drug-likeness (QED) is 0.592. The molecule has 0 saturated heterocycles. The number of halogens is 2. The van der Waals surface area contributed by atoms with Gasteiger partial charge in [-0.25, -0.2) is 0 Å². The molecule has 1 aliphatic heterocycles. The summed E-state index contributed by atoms with van der Waals surface area (Å²) in [6.07, 6.45) is 1.96. The van der Waals surface area contributed by atoms with E-state index in [1.807, 2.05) is 0 Å². The van der Waals surface area contributed by atoms with E-state index in [2.05, 4.69) is 41.6 Å². The van der Waals surface area contributed by atoms with E-state index in [0.717, 1.165) is 30.8 Å². The van der Waals surface area contributed by atoms with Gasteiger partial charge >= 0.3 is 0 Å². The summed E-state index contributed by atoms with van der Waals surface area (Å²) in [6, 6.07) is 4.32. The monoisotopic (exact) mass is 322 g/mol. The van der Waals surface area contributed by atoms with Gasteiger partial charge in [0.2, 0.25) is 0 Å². The Bertz CT molecular complexity index is 351. The van der Waals surface area contributed by atoms with E-state index >= 15 is 0 Å². The average Bonchev–Trinajstić information content (AvgIpc) is 2.62. The lowest BCUT2D eigenvalue weighted by Gasteiger charge is -2.12. The van der Waals surface area contributed by atoms with Crippen LogP contribution in [-0.2, 0) is 6.42 Å². The molecule has 1 atom stereocenters. The smallest absolute Gasteiger partial charge is 0.127 e. The number of alkyl halides is 1. The first kappa shape index (κ1) is 10.6. The van der Waals surface area contributed by atoms with Crippen molar-refractivity contribution in [3.8, 4) is 5.75 Å². The summed E-state index contributed by atoms with van der Waals surface area (Å²) < 4.78 is 6.87. The molecular formula is C11H12ClIO. The molecule has 0 saturated carbocycles. The molecule has 0 N–H and O–H groups in total. The molecule has 1 aliphatic rings.